The van der Waals surface area contributed by atoms with Crippen molar-refractivity contribution in [2.24, 2.45) is 0 Å². The van der Waals surface area contributed by atoms with E-state index in [1.807, 2.05) is 30.3 Å². The van der Waals surface area contributed by atoms with E-state index in [0.29, 0.717) is 32.3 Å². The number of benzene rings is 2. The molecule has 32 heavy (non-hydrogen) atoms. The van der Waals surface area contributed by atoms with Crippen LogP contribution in [-0.4, -0.2) is 61.6 Å². The van der Waals surface area contributed by atoms with Gasteiger partial charge >= 0.3 is 0 Å². The molecule has 0 spiro atoms. The number of aliphatic hydroxyl groups is 2. The highest BCUT2D eigenvalue weighted by Gasteiger charge is 2.31. The molecule has 6 rings (SSSR count). The first kappa shape index (κ1) is 19.4. The number of ether oxygens (including phenoxy) is 1. The third-order valence-electron chi connectivity index (χ3n) is 6.28. The molecule has 0 radical (unpaired) electrons. The molecular formula is C24H23N5O3. The van der Waals surface area contributed by atoms with Crippen molar-refractivity contribution in [3.8, 4) is 11.1 Å². The van der Waals surface area contributed by atoms with Gasteiger partial charge in [0.2, 0.25) is 5.95 Å². The van der Waals surface area contributed by atoms with Crippen LogP contribution in [0.25, 0.3) is 22.2 Å². The molecule has 0 aliphatic carbocycles. The van der Waals surface area contributed by atoms with Crippen LogP contribution in [0.1, 0.15) is 17.4 Å². The van der Waals surface area contributed by atoms with Crippen LogP contribution in [0.15, 0.2) is 60.9 Å². The summed E-state index contributed by atoms with van der Waals surface area (Å²) in [5.74, 6) is 1.43. The maximum Gasteiger partial charge on any atom is 0.225 e. The molecule has 2 aliphatic heterocycles. The summed E-state index contributed by atoms with van der Waals surface area (Å²) < 4.78 is 8.12. The van der Waals surface area contributed by atoms with Gasteiger partial charge in [0.15, 0.2) is 0 Å². The average Bonchev–Trinajstić information content (AvgIpc) is 3.38. The standard InChI is InChI=1S/C24H23N5O3/c30-21-11-28(12-22(21)31)24-25-9-17(10-26-24)16-6-7-18-19(8-16)29-20(13-32-14-23(29)27-18)15-4-2-1-3-5-15/h1-10,20-22,30-31H,11-14H2/t20-,21-,22-/m1/s1. The minimum absolute atomic E-state index is 0.0758. The van der Waals surface area contributed by atoms with E-state index in [4.69, 9.17) is 9.72 Å². The van der Waals surface area contributed by atoms with Gasteiger partial charge in [-0.3, -0.25) is 0 Å². The van der Waals surface area contributed by atoms with E-state index in [-0.39, 0.29) is 6.04 Å². The Kier molecular flexibility index (Phi) is 4.64. The molecule has 1 fully saturated rings. The Labute approximate surface area is 184 Å². The van der Waals surface area contributed by atoms with Crippen LogP contribution in [0.2, 0.25) is 0 Å². The second kappa shape index (κ2) is 7.67. The highest BCUT2D eigenvalue weighted by Crippen LogP contribution is 2.32. The topological polar surface area (TPSA) is 96.5 Å². The highest BCUT2D eigenvalue weighted by atomic mass is 16.5. The van der Waals surface area contributed by atoms with Gasteiger partial charge in [0, 0.05) is 31.0 Å². The number of β-amino-alcohol motifs (C(OH)–C–C–N with tert-alkyl or cyclic N) is 2. The van der Waals surface area contributed by atoms with Crippen molar-refractivity contribution in [3.05, 3.63) is 72.3 Å². The molecule has 4 heterocycles. The van der Waals surface area contributed by atoms with Gasteiger partial charge in [0.1, 0.15) is 12.4 Å². The number of fused-ring (bicyclic) bond motifs is 3. The summed E-state index contributed by atoms with van der Waals surface area (Å²) >= 11 is 0. The number of hydrogen-bond acceptors (Lipinski definition) is 7. The third-order valence-corrected chi connectivity index (χ3v) is 6.28. The largest absolute Gasteiger partial charge is 0.388 e. The van der Waals surface area contributed by atoms with E-state index in [9.17, 15) is 10.2 Å². The van der Waals surface area contributed by atoms with Gasteiger partial charge in [-0.05, 0) is 23.3 Å². The van der Waals surface area contributed by atoms with Crippen molar-refractivity contribution in [1.82, 2.24) is 19.5 Å². The van der Waals surface area contributed by atoms with Crippen LogP contribution >= 0.6 is 0 Å². The molecule has 0 saturated carbocycles. The maximum absolute atomic E-state index is 9.78. The van der Waals surface area contributed by atoms with Crippen molar-refractivity contribution < 1.29 is 14.9 Å². The summed E-state index contributed by atoms with van der Waals surface area (Å²) in [5.41, 5.74) is 5.10. The summed E-state index contributed by atoms with van der Waals surface area (Å²) in [4.78, 5) is 15.5. The molecule has 0 unspecified atom stereocenters. The number of hydrogen-bond donors (Lipinski definition) is 2. The summed E-state index contributed by atoms with van der Waals surface area (Å²) in [6.07, 6.45) is 2.03. The lowest BCUT2D eigenvalue weighted by Gasteiger charge is -2.26. The zero-order chi connectivity index (χ0) is 21.7. The zero-order valence-corrected chi connectivity index (χ0v) is 17.4. The van der Waals surface area contributed by atoms with Gasteiger partial charge in [-0.15, -0.1) is 0 Å². The number of aliphatic hydroxyl groups excluding tert-OH is 2. The molecule has 1 saturated heterocycles. The lowest BCUT2D eigenvalue weighted by atomic mass is 10.1. The minimum Gasteiger partial charge on any atom is -0.388 e. The van der Waals surface area contributed by atoms with Crippen molar-refractivity contribution in [1.29, 1.82) is 0 Å². The molecule has 0 bridgehead atoms. The van der Waals surface area contributed by atoms with E-state index in [2.05, 4.69) is 32.7 Å². The van der Waals surface area contributed by atoms with Gasteiger partial charge in [-0.1, -0.05) is 36.4 Å². The normalized spacial score (nSPS) is 22.9. The molecule has 8 nitrogen and oxygen atoms in total. The van der Waals surface area contributed by atoms with Gasteiger partial charge in [0.25, 0.3) is 0 Å². The lowest BCUT2D eigenvalue weighted by molar-refractivity contribution is 0.0572. The van der Waals surface area contributed by atoms with E-state index in [0.717, 1.165) is 28.0 Å². The Bertz CT molecular complexity index is 1250. The first-order chi connectivity index (χ1) is 15.7. The Morgan fingerprint density at radius 3 is 2.41 bits per heavy atom. The lowest BCUT2D eigenvalue weighted by Crippen LogP contribution is -2.24. The molecule has 8 heteroatoms. The SMILES string of the molecule is O[C@@H]1CN(c2ncc(-c3ccc4nc5n(c4c3)[C@@H](c3ccccc3)COC5)cn2)C[C@H]1O. The maximum atomic E-state index is 9.78. The molecule has 2 aliphatic rings. The van der Waals surface area contributed by atoms with Crippen molar-refractivity contribution in [2.75, 3.05) is 24.6 Å². The van der Waals surface area contributed by atoms with Crippen molar-refractivity contribution in [3.63, 3.8) is 0 Å². The van der Waals surface area contributed by atoms with Crippen molar-refractivity contribution in [2.45, 2.75) is 24.9 Å². The molecule has 2 N–H and O–H groups in total. The Morgan fingerprint density at radius 1 is 0.906 bits per heavy atom. The first-order valence-electron chi connectivity index (χ1n) is 10.7. The quantitative estimate of drug-likeness (QED) is 0.515. The second-order valence-electron chi connectivity index (χ2n) is 8.35. The second-order valence-corrected chi connectivity index (χ2v) is 8.35. The monoisotopic (exact) mass is 429 g/mol. The molecule has 2 aromatic heterocycles. The van der Waals surface area contributed by atoms with E-state index >= 15 is 0 Å². The fourth-order valence-electron chi connectivity index (χ4n) is 4.60. The van der Waals surface area contributed by atoms with Crippen molar-refractivity contribution >= 4 is 17.0 Å². The Hall–Kier alpha value is -3.33. The number of anilines is 1. The number of imidazole rings is 1. The van der Waals surface area contributed by atoms with Crippen LogP contribution < -0.4 is 4.90 Å². The van der Waals surface area contributed by atoms with Gasteiger partial charge in [-0.25, -0.2) is 15.0 Å². The van der Waals surface area contributed by atoms with Gasteiger partial charge in [-0.2, -0.15) is 0 Å². The predicted molar refractivity (Wildman–Crippen MR) is 119 cm³/mol. The van der Waals surface area contributed by atoms with E-state index in [1.54, 1.807) is 17.3 Å². The molecule has 2 aromatic carbocycles. The summed E-state index contributed by atoms with van der Waals surface area (Å²) in [7, 11) is 0. The van der Waals surface area contributed by atoms with Crippen LogP contribution in [0, 0.1) is 0 Å². The van der Waals surface area contributed by atoms with Crippen LogP contribution in [0.3, 0.4) is 0 Å². The third kappa shape index (κ3) is 3.24. The molecule has 162 valence electrons. The minimum atomic E-state index is -0.768. The summed E-state index contributed by atoms with van der Waals surface area (Å²) in [6.45, 7) is 1.77. The number of nitrogens with zero attached hydrogens (tertiary/aromatic N) is 5. The Balaban J connectivity index is 1.36. The average molecular weight is 429 g/mol. The number of aromatic nitrogens is 4. The molecule has 4 aromatic rings. The molecule has 3 atom stereocenters. The molecular weight excluding hydrogens is 406 g/mol. The number of rotatable bonds is 3. The fraction of sp³-hybridized carbons (Fsp3) is 0.292. The van der Waals surface area contributed by atoms with Crippen LogP contribution in [0.4, 0.5) is 5.95 Å². The zero-order valence-electron chi connectivity index (χ0n) is 17.4. The van der Waals surface area contributed by atoms with Crippen LogP contribution in [0.5, 0.6) is 0 Å². The summed E-state index contributed by atoms with van der Waals surface area (Å²) in [6, 6.07) is 16.6. The van der Waals surface area contributed by atoms with Gasteiger partial charge < -0.3 is 24.4 Å². The smallest absolute Gasteiger partial charge is 0.225 e. The van der Waals surface area contributed by atoms with Crippen LogP contribution in [-0.2, 0) is 11.3 Å². The highest BCUT2D eigenvalue weighted by molar-refractivity contribution is 5.83. The van der Waals surface area contributed by atoms with Gasteiger partial charge in [0.05, 0.1) is 35.9 Å². The first-order valence-corrected chi connectivity index (χ1v) is 10.7. The van der Waals surface area contributed by atoms with E-state index < -0.39 is 12.2 Å². The molecule has 0 amide bonds. The Morgan fingerprint density at radius 2 is 1.66 bits per heavy atom. The summed E-state index contributed by atoms with van der Waals surface area (Å²) in [5, 5.41) is 19.6. The predicted octanol–water partition coefficient (Wildman–Crippen LogP) is 2.15. The fourth-order valence-corrected chi connectivity index (χ4v) is 4.60. The van der Waals surface area contributed by atoms with E-state index in [1.165, 1.54) is 5.56 Å².